The number of ketones is 1. The molecular weight excluding hydrogens is 236 g/mol. The zero-order valence-electron chi connectivity index (χ0n) is 12.5. The highest BCUT2D eigenvalue weighted by atomic mass is 16.5. The van der Waals surface area contributed by atoms with Gasteiger partial charge in [0.05, 0.1) is 6.10 Å². The SMILES string of the molecule is CCC1OCCC1C(=O)Cc1c(C)cc(C)cc1C. The van der Waals surface area contributed by atoms with E-state index in [0.717, 1.165) is 19.4 Å². The standard InChI is InChI=1S/C17H24O2/c1-5-17-14(6-7-19-17)16(18)10-15-12(3)8-11(2)9-13(15)4/h8-9,14,17H,5-7,10H2,1-4H3. The van der Waals surface area contributed by atoms with Crippen LogP contribution in [0.25, 0.3) is 0 Å². The van der Waals surface area contributed by atoms with Crippen molar-refractivity contribution in [3.63, 3.8) is 0 Å². The van der Waals surface area contributed by atoms with Crippen molar-refractivity contribution >= 4 is 5.78 Å². The predicted molar refractivity (Wildman–Crippen MR) is 77.5 cm³/mol. The molecule has 1 aliphatic rings. The number of carbonyl (C=O) groups excluding carboxylic acids is 1. The Kier molecular flexibility index (Phi) is 4.41. The number of benzene rings is 1. The van der Waals surface area contributed by atoms with Crippen LogP contribution >= 0.6 is 0 Å². The van der Waals surface area contributed by atoms with Gasteiger partial charge in [0.25, 0.3) is 0 Å². The first-order valence-electron chi connectivity index (χ1n) is 7.24. The number of hydrogen-bond donors (Lipinski definition) is 0. The molecule has 0 amide bonds. The Morgan fingerprint density at radius 2 is 1.89 bits per heavy atom. The van der Waals surface area contributed by atoms with E-state index in [2.05, 4.69) is 39.8 Å². The molecule has 2 nitrogen and oxygen atoms in total. The van der Waals surface area contributed by atoms with Crippen LogP contribution in [0.5, 0.6) is 0 Å². The van der Waals surface area contributed by atoms with E-state index in [4.69, 9.17) is 4.74 Å². The smallest absolute Gasteiger partial charge is 0.143 e. The predicted octanol–water partition coefficient (Wildman–Crippen LogP) is 3.54. The molecule has 2 rings (SSSR count). The number of ether oxygens (including phenoxy) is 1. The van der Waals surface area contributed by atoms with E-state index in [1.807, 2.05) is 0 Å². The number of Topliss-reactive ketones (excluding diaryl/α,β-unsaturated/α-hetero) is 1. The third-order valence-electron chi connectivity index (χ3n) is 4.22. The Morgan fingerprint density at radius 3 is 2.47 bits per heavy atom. The third-order valence-corrected chi connectivity index (χ3v) is 4.22. The Labute approximate surface area is 116 Å². The minimum absolute atomic E-state index is 0.102. The van der Waals surface area contributed by atoms with Crippen molar-refractivity contribution in [2.75, 3.05) is 6.61 Å². The van der Waals surface area contributed by atoms with E-state index >= 15 is 0 Å². The molecule has 0 saturated carbocycles. The summed E-state index contributed by atoms with van der Waals surface area (Å²) in [5.74, 6) is 0.449. The maximum Gasteiger partial charge on any atom is 0.143 e. The highest BCUT2D eigenvalue weighted by molar-refractivity contribution is 5.84. The average molecular weight is 260 g/mol. The lowest BCUT2D eigenvalue weighted by molar-refractivity contribution is -0.123. The topological polar surface area (TPSA) is 26.3 Å². The summed E-state index contributed by atoms with van der Waals surface area (Å²) in [6.07, 6.45) is 2.52. The summed E-state index contributed by atoms with van der Waals surface area (Å²) in [7, 11) is 0. The molecule has 1 heterocycles. The highest BCUT2D eigenvalue weighted by Gasteiger charge is 2.32. The first kappa shape index (κ1) is 14.3. The molecule has 1 aromatic rings. The summed E-state index contributed by atoms with van der Waals surface area (Å²) in [4.78, 5) is 12.5. The van der Waals surface area contributed by atoms with E-state index in [1.165, 1.54) is 22.3 Å². The van der Waals surface area contributed by atoms with Crippen LogP contribution in [0.2, 0.25) is 0 Å². The number of carbonyl (C=O) groups is 1. The molecule has 104 valence electrons. The fraction of sp³-hybridized carbons (Fsp3) is 0.588. The van der Waals surface area contributed by atoms with E-state index < -0.39 is 0 Å². The molecule has 2 atom stereocenters. The summed E-state index contributed by atoms with van der Waals surface area (Å²) in [6.45, 7) is 9.14. The molecule has 0 spiro atoms. The molecule has 0 radical (unpaired) electrons. The van der Waals surface area contributed by atoms with Gasteiger partial charge >= 0.3 is 0 Å². The molecule has 0 bridgehead atoms. The fourth-order valence-corrected chi connectivity index (χ4v) is 3.21. The molecule has 2 unspecified atom stereocenters. The van der Waals surface area contributed by atoms with Gasteiger partial charge in [-0.15, -0.1) is 0 Å². The van der Waals surface area contributed by atoms with Gasteiger partial charge in [-0.25, -0.2) is 0 Å². The van der Waals surface area contributed by atoms with Crippen LogP contribution in [-0.4, -0.2) is 18.5 Å². The van der Waals surface area contributed by atoms with Crippen LogP contribution in [0.1, 0.15) is 42.0 Å². The molecule has 0 aliphatic carbocycles. The summed E-state index contributed by atoms with van der Waals surface area (Å²) >= 11 is 0. The monoisotopic (exact) mass is 260 g/mol. The van der Waals surface area contributed by atoms with Gasteiger partial charge in [-0.3, -0.25) is 4.79 Å². The van der Waals surface area contributed by atoms with Crippen LogP contribution in [-0.2, 0) is 16.0 Å². The van der Waals surface area contributed by atoms with Gasteiger partial charge in [0.15, 0.2) is 0 Å². The first-order chi connectivity index (χ1) is 9.02. The molecule has 0 aromatic heterocycles. The Hall–Kier alpha value is -1.15. The van der Waals surface area contributed by atoms with Crippen molar-refractivity contribution in [1.29, 1.82) is 0 Å². The maximum atomic E-state index is 12.5. The van der Waals surface area contributed by atoms with Crippen LogP contribution in [0, 0.1) is 26.7 Å². The second-order valence-corrected chi connectivity index (χ2v) is 5.73. The molecule has 2 heteroatoms. The minimum atomic E-state index is 0.102. The van der Waals surface area contributed by atoms with Crippen molar-refractivity contribution < 1.29 is 9.53 Å². The number of rotatable bonds is 4. The maximum absolute atomic E-state index is 12.5. The first-order valence-corrected chi connectivity index (χ1v) is 7.24. The summed E-state index contributed by atoms with van der Waals surface area (Å²) < 4.78 is 5.63. The van der Waals surface area contributed by atoms with Crippen molar-refractivity contribution in [3.8, 4) is 0 Å². The van der Waals surface area contributed by atoms with Gasteiger partial charge in [0, 0.05) is 18.9 Å². The normalized spacial score (nSPS) is 22.7. The third kappa shape index (κ3) is 3.06. The molecule has 0 N–H and O–H groups in total. The highest BCUT2D eigenvalue weighted by Crippen LogP contribution is 2.27. The number of hydrogen-bond acceptors (Lipinski definition) is 2. The van der Waals surface area contributed by atoms with E-state index in [-0.39, 0.29) is 12.0 Å². The quantitative estimate of drug-likeness (QED) is 0.827. The van der Waals surface area contributed by atoms with Gasteiger partial charge in [0.1, 0.15) is 5.78 Å². The van der Waals surface area contributed by atoms with E-state index in [9.17, 15) is 4.79 Å². The lowest BCUT2D eigenvalue weighted by Crippen LogP contribution is -2.25. The lowest BCUT2D eigenvalue weighted by atomic mass is 9.88. The van der Waals surface area contributed by atoms with Gasteiger partial charge in [0.2, 0.25) is 0 Å². The van der Waals surface area contributed by atoms with Gasteiger partial charge in [-0.1, -0.05) is 24.6 Å². The van der Waals surface area contributed by atoms with Crippen LogP contribution in [0.15, 0.2) is 12.1 Å². The zero-order chi connectivity index (χ0) is 14.0. The van der Waals surface area contributed by atoms with Gasteiger partial charge in [-0.05, 0) is 50.3 Å². The van der Waals surface area contributed by atoms with Gasteiger partial charge in [-0.2, -0.15) is 0 Å². The average Bonchev–Trinajstić information content (AvgIpc) is 2.81. The lowest BCUT2D eigenvalue weighted by Gasteiger charge is -2.17. The van der Waals surface area contributed by atoms with Crippen LogP contribution < -0.4 is 0 Å². The largest absolute Gasteiger partial charge is 0.377 e. The van der Waals surface area contributed by atoms with Crippen molar-refractivity contribution in [2.45, 2.75) is 53.1 Å². The van der Waals surface area contributed by atoms with E-state index in [1.54, 1.807) is 0 Å². The molecular formula is C17H24O2. The second-order valence-electron chi connectivity index (χ2n) is 5.73. The molecule has 1 saturated heterocycles. The molecule has 1 fully saturated rings. The summed E-state index contributed by atoms with van der Waals surface area (Å²) in [5, 5.41) is 0. The Morgan fingerprint density at radius 1 is 1.26 bits per heavy atom. The molecule has 1 aliphatic heterocycles. The number of aryl methyl sites for hydroxylation is 3. The van der Waals surface area contributed by atoms with Crippen molar-refractivity contribution in [3.05, 3.63) is 34.4 Å². The minimum Gasteiger partial charge on any atom is -0.377 e. The Balaban J connectivity index is 2.15. The summed E-state index contributed by atoms with van der Waals surface area (Å²) in [6, 6.07) is 4.33. The van der Waals surface area contributed by atoms with Crippen LogP contribution in [0.4, 0.5) is 0 Å². The Bertz CT molecular complexity index is 453. The van der Waals surface area contributed by atoms with Crippen molar-refractivity contribution in [1.82, 2.24) is 0 Å². The van der Waals surface area contributed by atoms with Crippen molar-refractivity contribution in [2.24, 2.45) is 5.92 Å². The second kappa shape index (κ2) is 5.87. The van der Waals surface area contributed by atoms with E-state index in [0.29, 0.717) is 12.2 Å². The zero-order valence-corrected chi connectivity index (χ0v) is 12.5. The van der Waals surface area contributed by atoms with Gasteiger partial charge < -0.3 is 4.74 Å². The van der Waals surface area contributed by atoms with Crippen LogP contribution in [0.3, 0.4) is 0 Å². The summed E-state index contributed by atoms with van der Waals surface area (Å²) in [5.41, 5.74) is 4.94. The molecule has 1 aromatic carbocycles. The fourth-order valence-electron chi connectivity index (χ4n) is 3.21. The molecule has 19 heavy (non-hydrogen) atoms.